The van der Waals surface area contributed by atoms with Crippen LogP contribution in [0.4, 0.5) is 18.9 Å². The zero-order valence-electron chi connectivity index (χ0n) is 23.3. The van der Waals surface area contributed by atoms with Crippen LogP contribution in [-0.4, -0.2) is 42.6 Å². The van der Waals surface area contributed by atoms with Crippen LogP contribution < -0.4 is 10.1 Å². The maximum Gasteiger partial charge on any atom is 0.416 e. The zero-order chi connectivity index (χ0) is 28.8. The summed E-state index contributed by atoms with van der Waals surface area (Å²) in [5.74, 6) is 2.05. The average Bonchev–Trinajstić information content (AvgIpc) is 2.98. The lowest BCUT2D eigenvalue weighted by Gasteiger charge is -2.33. The number of alkyl halides is 3. The summed E-state index contributed by atoms with van der Waals surface area (Å²) in [6.45, 7) is 2.97. The van der Waals surface area contributed by atoms with E-state index in [4.69, 9.17) is 9.47 Å². The summed E-state index contributed by atoms with van der Waals surface area (Å²) in [4.78, 5) is 14.7. The number of carbonyl (C=O) groups excluding carboxylic acids is 1. The normalized spacial score (nSPS) is 20.0. The van der Waals surface area contributed by atoms with Gasteiger partial charge >= 0.3 is 6.18 Å². The third-order valence-corrected chi connectivity index (χ3v) is 8.21. The van der Waals surface area contributed by atoms with Crippen molar-refractivity contribution in [2.24, 2.45) is 0 Å². The number of anilines is 1. The highest BCUT2D eigenvalue weighted by atomic mass is 19.4. The Hall–Kier alpha value is -3.52. The van der Waals surface area contributed by atoms with Gasteiger partial charge in [-0.1, -0.05) is 36.4 Å². The Balaban J connectivity index is 1.01. The van der Waals surface area contributed by atoms with Gasteiger partial charge in [-0.2, -0.15) is 13.2 Å². The third-order valence-electron chi connectivity index (χ3n) is 8.21. The number of ether oxygens (including phenoxy) is 2. The summed E-state index contributed by atoms with van der Waals surface area (Å²) >= 11 is 0. The molecule has 5 nitrogen and oxygen atoms in total. The lowest BCUT2D eigenvalue weighted by molar-refractivity contribution is -0.140. The number of amides is 1. The van der Waals surface area contributed by atoms with Crippen molar-refractivity contribution in [2.45, 2.75) is 69.7 Å². The van der Waals surface area contributed by atoms with E-state index >= 15 is 0 Å². The van der Waals surface area contributed by atoms with Gasteiger partial charge in [0.05, 0.1) is 11.7 Å². The van der Waals surface area contributed by atoms with Gasteiger partial charge in [0.1, 0.15) is 18.1 Å². The Kier molecular flexibility index (Phi) is 9.18. The molecule has 0 atom stereocenters. The summed E-state index contributed by atoms with van der Waals surface area (Å²) < 4.78 is 51.6. The van der Waals surface area contributed by atoms with Gasteiger partial charge in [0.15, 0.2) is 0 Å². The van der Waals surface area contributed by atoms with Crippen LogP contribution in [-0.2, 0) is 15.7 Å². The SMILES string of the molecule is Cc1ccc(NC2CCC(OCC(=O)N3CCC(c4ccc(Oc5ccccc5)cc4)CC3)CC2)cc1C(F)(F)F. The van der Waals surface area contributed by atoms with Crippen LogP contribution in [0, 0.1) is 6.92 Å². The first-order valence-corrected chi connectivity index (χ1v) is 14.4. The second-order valence-corrected chi connectivity index (χ2v) is 11.1. The summed E-state index contributed by atoms with van der Waals surface area (Å²) in [5, 5.41) is 3.25. The Labute approximate surface area is 239 Å². The van der Waals surface area contributed by atoms with E-state index in [1.54, 1.807) is 6.07 Å². The summed E-state index contributed by atoms with van der Waals surface area (Å²) in [5.41, 5.74) is 1.37. The van der Waals surface area contributed by atoms with Crippen molar-refractivity contribution < 1.29 is 27.4 Å². The molecule has 0 unspecified atom stereocenters. The van der Waals surface area contributed by atoms with Crippen LogP contribution in [0.5, 0.6) is 11.5 Å². The van der Waals surface area contributed by atoms with Gasteiger partial charge in [0.25, 0.3) is 0 Å². The van der Waals surface area contributed by atoms with E-state index in [1.807, 2.05) is 47.4 Å². The van der Waals surface area contributed by atoms with E-state index in [9.17, 15) is 18.0 Å². The molecule has 5 rings (SSSR count). The van der Waals surface area contributed by atoms with E-state index in [-0.39, 0.29) is 30.2 Å². The van der Waals surface area contributed by atoms with Crippen molar-refractivity contribution in [3.05, 3.63) is 89.5 Å². The molecule has 0 bridgehead atoms. The molecule has 8 heteroatoms. The standard InChI is InChI=1S/C33H37F3N2O3/c1-23-7-10-27(21-31(23)33(34,35)36)37-26-11-15-28(16-12-26)40-22-32(39)38-19-17-25(18-20-38)24-8-13-30(14-9-24)41-29-5-3-2-4-6-29/h2-10,13-14,21,25-26,28,37H,11-12,15-20,22H2,1H3. The molecule has 0 radical (unpaired) electrons. The Bertz CT molecular complexity index is 1280. The fourth-order valence-corrected chi connectivity index (χ4v) is 5.80. The number of rotatable bonds is 8. The molecule has 2 aliphatic rings. The van der Waals surface area contributed by atoms with Gasteiger partial charge in [-0.3, -0.25) is 4.79 Å². The first-order valence-electron chi connectivity index (χ1n) is 14.4. The van der Waals surface area contributed by atoms with Crippen molar-refractivity contribution in [1.29, 1.82) is 0 Å². The Morgan fingerprint density at radius 2 is 1.54 bits per heavy atom. The average molecular weight is 567 g/mol. The molecule has 1 saturated heterocycles. The number of benzene rings is 3. The fraction of sp³-hybridized carbons (Fsp3) is 0.424. The number of aryl methyl sites for hydroxylation is 1. The van der Waals surface area contributed by atoms with Crippen LogP contribution in [0.1, 0.15) is 61.1 Å². The van der Waals surface area contributed by atoms with Gasteiger partial charge in [0, 0.05) is 24.8 Å². The highest BCUT2D eigenvalue weighted by Crippen LogP contribution is 2.35. The van der Waals surface area contributed by atoms with Crippen molar-refractivity contribution >= 4 is 11.6 Å². The monoisotopic (exact) mass is 566 g/mol. The second kappa shape index (κ2) is 13.0. The maximum absolute atomic E-state index is 13.2. The fourth-order valence-electron chi connectivity index (χ4n) is 5.80. The minimum atomic E-state index is -4.36. The van der Waals surface area contributed by atoms with Gasteiger partial charge in [-0.05, 0) is 98.9 Å². The Morgan fingerprint density at radius 3 is 2.20 bits per heavy atom. The van der Waals surface area contributed by atoms with Crippen LogP contribution >= 0.6 is 0 Å². The van der Waals surface area contributed by atoms with Crippen LogP contribution in [0.2, 0.25) is 0 Å². The minimum Gasteiger partial charge on any atom is -0.457 e. The third kappa shape index (κ3) is 7.82. The lowest BCUT2D eigenvalue weighted by Crippen LogP contribution is -2.41. The van der Waals surface area contributed by atoms with Gasteiger partial charge < -0.3 is 19.7 Å². The summed E-state index contributed by atoms with van der Waals surface area (Å²) in [6.07, 6.45) is 0.578. The van der Waals surface area contributed by atoms with E-state index < -0.39 is 11.7 Å². The number of nitrogens with one attached hydrogen (secondary N) is 1. The first-order chi connectivity index (χ1) is 19.7. The van der Waals surface area contributed by atoms with Crippen molar-refractivity contribution in [3.63, 3.8) is 0 Å². The lowest BCUT2D eigenvalue weighted by atomic mass is 9.89. The van der Waals surface area contributed by atoms with Gasteiger partial charge in [0.2, 0.25) is 5.91 Å². The number of hydrogen-bond donors (Lipinski definition) is 1. The largest absolute Gasteiger partial charge is 0.457 e. The molecular weight excluding hydrogens is 529 g/mol. The van der Waals surface area contributed by atoms with Crippen molar-refractivity contribution in [1.82, 2.24) is 4.90 Å². The van der Waals surface area contributed by atoms with E-state index in [0.29, 0.717) is 24.7 Å². The Morgan fingerprint density at radius 1 is 0.878 bits per heavy atom. The molecule has 0 spiro atoms. The predicted molar refractivity (Wildman–Crippen MR) is 153 cm³/mol. The number of carbonyl (C=O) groups is 1. The van der Waals surface area contributed by atoms with Crippen molar-refractivity contribution in [3.8, 4) is 11.5 Å². The summed E-state index contributed by atoms with van der Waals surface area (Å²) in [7, 11) is 0. The highest BCUT2D eigenvalue weighted by Gasteiger charge is 2.33. The molecule has 1 aliphatic heterocycles. The number of piperidine rings is 1. The van der Waals surface area contributed by atoms with E-state index in [1.165, 1.54) is 24.6 Å². The maximum atomic E-state index is 13.2. The molecule has 1 amide bonds. The summed E-state index contributed by atoms with van der Waals surface area (Å²) in [6, 6.07) is 22.4. The van der Waals surface area contributed by atoms with Gasteiger partial charge in [-0.15, -0.1) is 0 Å². The van der Waals surface area contributed by atoms with E-state index in [2.05, 4.69) is 17.4 Å². The molecule has 1 N–H and O–H groups in total. The molecule has 41 heavy (non-hydrogen) atoms. The molecular formula is C33H37F3N2O3. The zero-order valence-corrected chi connectivity index (χ0v) is 23.3. The smallest absolute Gasteiger partial charge is 0.416 e. The predicted octanol–water partition coefficient (Wildman–Crippen LogP) is 7.95. The minimum absolute atomic E-state index is 0.00471. The molecule has 0 aromatic heterocycles. The molecule has 1 heterocycles. The molecule has 2 fully saturated rings. The van der Waals surface area contributed by atoms with Crippen LogP contribution in [0.3, 0.4) is 0 Å². The molecule has 3 aromatic carbocycles. The second-order valence-electron chi connectivity index (χ2n) is 11.1. The molecule has 1 saturated carbocycles. The van der Waals surface area contributed by atoms with Crippen molar-refractivity contribution in [2.75, 3.05) is 25.0 Å². The molecule has 218 valence electrons. The number of halogens is 3. The number of para-hydroxylation sites is 1. The number of hydrogen-bond acceptors (Lipinski definition) is 4. The first kappa shape index (κ1) is 29.0. The van der Waals surface area contributed by atoms with E-state index in [0.717, 1.165) is 50.0 Å². The van der Waals surface area contributed by atoms with Crippen LogP contribution in [0.25, 0.3) is 0 Å². The van der Waals surface area contributed by atoms with Gasteiger partial charge in [-0.25, -0.2) is 0 Å². The highest BCUT2D eigenvalue weighted by molar-refractivity contribution is 5.77. The quantitative estimate of drug-likeness (QED) is 0.301. The molecule has 1 aliphatic carbocycles. The van der Waals surface area contributed by atoms with Crippen LogP contribution in [0.15, 0.2) is 72.8 Å². The molecule has 3 aromatic rings. The topological polar surface area (TPSA) is 50.8 Å². The number of likely N-dealkylation sites (tertiary alicyclic amines) is 1. The number of nitrogens with zero attached hydrogens (tertiary/aromatic N) is 1.